The maximum atomic E-state index is 4.02. The molecule has 1 heterocycles. The van der Waals surface area contributed by atoms with Crippen molar-refractivity contribution >= 4 is 35.6 Å². The molecule has 0 amide bonds. The van der Waals surface area contributed by atoms with Crippen LogP contribution < -0.4 is 5.32 Å². The fraction of sp³-hybridized carbons (Fsp3) is 0.118. The molecule has 0 unspecified atom stereocenters. The van der Waals surface area contributed by atoms with Crippen LogP contribution in [0, 0.1) is 0 Å². The maximum absolute atomic E-state index is 4.02. The molecular weight excluding hydrogens is 303 g/mol. The summed E-state index contributed by atoms with van der Waals surface area (Å²) in [6.45, 7) is 1.75. The summed E-state index contributed by atoms with van der Waals surface area (Å²) >= 11 is 0. The van der Waals surface area contributed by atoms with Crippen molar-refractivity contribution in [3.63, 3.8) is 0 Å². The van der Waals surface area contributed by atoms with Crippen LogP contribution in [-0.2, 0) is 13.1 Å². The lowest BCUT2D eigenvalue weighted by atomic mass is 10.1. The zero-order chi connectivity index (χ0) is 12.9. The normalized spacial score (nSPS) is 9.71. The number of pyridine rings is 1. The number of halogens is 2. The van der Waals surface area contributed by atoms with Crippen LogP contribution in [0.2, 0.25) is 0 Å². The van der Waals surface area contributed by atoms with Gasteiger partial charge in [-0.1, -0.05) is 36.4 Å². The van der Waals surface area contributed by atoms with Crippen molar-refractivity contribution in [1.29, 1.82) is 0 Å². The Hall–Kier alpha value is -1.61. The van der Waals surface area contributed by atoms with E-state index in [1.54, 1.807) is 0 Å². The second-order valence-electron chi connectivity index (χ2n) is 4.64. The van der Waals surface area contributed by atoms with E-state index in [4.69, 9.17) is 0 Å². The van der Waals surface area contributed by atoms with E-state index in [-0.39, 0.29) is 24.8 Å². The van der Waals surface area contributed by atoms with Gasteiger partial charge >= 0.3 is 0 Å². The van der Waals surface area contributed by atoms with Gasteiger partial charge in [-0.2, -0.15) is 0 Å². The van der Waals surface area contributed by atoms with E-state index < -0.39 is 0 Å². The van der Waals surface area contributed by atoms with Crippen molar-refractivity contribution < 1.29 is 0 Å². The third-order valence-corrected chi connectivity index (χ3v) is 3.22. The standard InChI is InChI=1S/C17H16N2.2ClH/c1-2-4-17-11-15(5-6-16(17)3-1)13-19-12-14-7-9-18-10-8-14;;/h1-11,19H,12-13H2;2*1H. The van der Waals surface area contributed by atoms with Gasteiger partial charge in [0.25, 0.3) is 0 Å². The molecule has 0 bridgehead atoms. The number of nitrogens with zero attached hydrogens (tertiary/aromatic N) is 1. The quantitative estimate of drug-likeness (QED) is 0.772. The predicted octanol–water partition coefficient (Wildman–Crippen LogP) is 4.37. The smallest absolute Gasteiger partial charge is 0.0271 e. The van der Waals surface area contributed by atoms with Crippen LogP contribution >= 0.6 is 24.8 Å². The number of benzene rings is 2. The fourth-order valence-electron chi connectivity index (χ4n) is 2.20. The second kappa shape index (κ2) is 8.63. The highest BCUT2D eigenvalue weighted by atomic mass is 35.5. The summed E-state index contributed by atoms with van der Waals surface area (Å²) in [4.78, 5) is 4.02. The fourth-order valence-corrected chi connectivity index (χ4v) is 2.20. The van der Waals surface area contributed by atoms with E-state index in [2.05, 4.69) is 52.8 Å². The van der Waals surface area contributed by atoms with Crippen LogP contribution in [0.3, 0.4) is 0 Å². The molecule has 0 radical (unpaired) electrons. The number of hydrogen-bond donors (Lipinski definition) is 1. The summed E-state index contributed by atoms with van der Waals surface area (Å²) in [6, 6.07) is 19.1. The Morgan fingerprint density at radius 1 is 0.714 bits per heavy atom. The number of nitrogens with one attached hydrogen (secondary N) is 1. The Kier molecular flexibility index (Phi) is 7.17. The van der Waals surface area contributed by atoms with E-state index in [0.717, 1.165) is 13.1 Å². The van der Waals surface area contributed by atoms with Crippen molar-refractivity contribution in [3.8, 4) is 0 Å². The molecule has 0 aliphatic heterocycles. The minimum Gasteiger partial charge on any atom is -0.309 e. The molecule has 0 saturated carbocycles. The zero-order valence-electron chi connectivity index (χ0n) is 11.5. The van der Waals surface area contributed by atoms with Gasteiger partial charge in [0.05, 0.1) is 0 Å². The highest BCUT2D eigenvalue weighted by Gasteiger charge is 1.96. The first-order chi connectivity index (χ1) is 9.42. The molecule has 2 aromatic carbocycles. The maximum Gasteiger partial charge on any atom is 0.0271 e. The molecular formula is C17H18Cl2N2. The largest absolute Gasteiger partial charge is 0.309 e. The molecule has 0 saturated heterocycles. The first kappa shape index (κ1) is 17.4. The average molecular weight is 321 g/mol. The summed E-state index contributed by atoms with van der Waals surface area (Å²) in [5.74, 6) is 0. The van der Waals surface area contributed by atoms with Gasteiger partial charge in [-0.15, -0.1) is 24.8 Å². The van der Waals surface area contributed by atoms with Crippen LogP contribution in [0.1, 0.15) is 11.1 Å². The Morgan fingerprint density at radius 3 is 2.14 bits per heavy atom. The van der Waals surface area contributed by atoms with Crippen molar-refractivity contribution in [1.82, 2.24) is 10.3 Å². The highest BCUT2D eigenvalue weighted by Crippen LogP contribution is 2.15. The zero-order valence-corrected chi connectivity index (χ0v) is 13.2. The van der Waals surface area contributed by atoms with Crippen LogP contribution in [0.25, 0.3) is 10.8 Å². The Bertz CT molecular complexity index is 672. The topological polar surface area (TPSA) is 24.9 Å². The number of fused-ring (bicyclic) bond motifs is 1. The SMILES string of the molecule is Cl.Cl.c1ccc2cc(CNCc3ccncc3)ccc2c1. The molecule has 0 fully saturated rings. The van der Waals surface area contributed by atoms with E-state index in [1.807, 2.05) is 24.5 Å². The van der Waals surface area contributed by atoms with Gasteiger partial charge in [0.15, 0.2) is 0 Å². The summed E-state index contributed by atoms with van der Waals surface area (Å²) in [5.41, 5.74) is 2.57. The van der Waals surface area contributed by atoms with Crippen molar-refractivity contribution in [3.05, 3.63) is 78.1 Å². The van der Waals surface area contributed by atoms with E-state index in [1.165, 1.54) is 21.9 Å². The monoisotopic (exact) mass is 320 g/mol. The van der Waals surface area contributed by atoms with E-state index in [0.29, 0.717) is 0 Å². The average Bonchev–Trinajstić information content (AvgIpc) is 2.48. The van der Waals surface area contributed by atoms with Gasteiger partial charge in [-0.05, 0) is 40.1 Å². The number of aromatic nitrogens is 1. The summed E-state index contributed by atoms with van der Waals surface area (Å²) in [5, 5.41) is 6.04. The lowest BCUT2D eigenvalue weighted by Gasteiger charge is -2.06. The highest BCUT2D eigenvalue weighted by molar-refractivity contribution is 5.85. The lowest BCUT2D eigenvalue weighted by molar-refractivity contribution is 0.693. The van der Waals surface area contributed by atoms with E-state index in [9.17, 15) is 0 Å². The van der Waals surface area contributed by atoms with Crippen LogP contribution in [0.15, 0.2) is 67.0 Å². The first-order valence-corrected chi connectivity index (χ1v) is 6.49. The molecule has 0 spiro atoms. The van der Waals surface area contributed by atoms with Gasteiger partial charge in [-0.3, -0.25) is 4.98 Å². The molecule has 3 rings (SSSR count). The van der Waals surface area contributed by atoms with Crippen molar-refractivity contribution in [2.45, 2.75) is 13.1 Å². The number of rotatable bonds is 4. The Morgan fingerprint density at radius 2 is 1.38 bits per heavy atom. The third-order valence-electron chi connectivity index (χ3n) is 3.22. The molecule has 1 aromatic heterocycles. The second-order valence-corrected chi connectivity index (χ2v) is 4.64. The van der Waals surface area contributed by atoms with Gasteiger partial charge in [-0.25, -0.2) is 0 Å². The Balaban J connectivity index is 0.00000110. The molecule has 0 aliphatic rings. The van der Waals surface area contributed by atoms with Crippen molar-refractivity contribution in [2.75, 3.05) is 0 Å². The molecule has 3 aromatic rings. The molecule has 1 N–H and O–H groups in total. The first-order valence-electron chi connectivity index (χ1n) is 6.49. The van der Waals surface area contributed by atoms with Gasteiger partial charge in [0.1, 0.15) is 0 Å². The molecule has 21 heavy (non-hydrogen) atoms. The van der Waals surface area contributed by atoms with Crippen molar-refractivity contribution in [2.24, 2.45) is 0 Å². The molecule has 110 valence electrons. The summed E-state index contributed by atoms with van der Waals surface area (Å²) in [7, 11) is 0. The summed E-state index contributed by atoms with van der Waals surface area (Å²) in [6.07, 6.45) is 3.65. The van der Waals surface area contributed by atoms with E-state index >= 15 is 0 Å². The van der Waals surface area contributed by atoms with Gasteiger partial charge in [0, 0.05) is 25.5 Å². The minimum atomic E-state index is 0. The van der Waals surface area contributed by atoms with Gasteiger partial charge < -0.3 is 5.32 Å². The molecule has 4 heteroatoms. The third kappa shape index (κ3) is 4.71. The Labute approximate surface area is 137 Å². The van der Waals surface area contributed by atoms with Crippen LogP contribution in [-0.4, -0.2) is 4.98 Å². The number of hydrogen-bond acceptors (Lipinski definition) is 2. The molecule has 0 aliphatic carbocycles. The summed E-state index contributed by atoms with van der Waals surface area (Å²) < 4.78 is 0. The molecule has 0 atom stereocenters. The molecule has 2 nitrogen and oxygen atoms in total. The predicted molar refractivity (Wildman–Crippen MR) is 93.2 cm³/mol. The van der Waals surface area contributed by atoms with Crippen LogP contribution in [0.4, 0.5) is 0 Å². The minimum absolute atomic E-state index is 0. The lowest BCUT2D eigenvalue weighted by Crippen LogP contribution is -2.12. The van der Waals surface area contributed by atoms with Gasteiger partial charge in [0.2, 0.25) is 0 Å². The van der Waals surface area contributed by atoms with Crippen LogP contribution in [0.5, 0.6) is 0 Å².